The van der Waals surface area contributed by atoms with Gasteiger partial charge in [0.25, 0.3) is 5.56 Å². The van der Waals surface area contributed by atoms with Gasteiger partial charge in [-0.15, -0.1) is 0 Å². The largest absolute Gasteiger partial charge is 0.482 e. The Morgan fingerprint density at radius 3 is 2.19 bits per heavy atom. The van der Waals surface area contributed by atoms with Gasteiger partial charge < -0.3 is 14.6 Å². The molecule has 1 aromatic carbocycles. The van der Waals surface area contributed by atoms with Crippen LogP contribution in [0.5, 0.6) is 0 Å². The average Bonchev–Trinajstić information content (AvgIpc) is 2.95. The van der Waals surface area contributed by atoms with Crippen LogP contribution in [0, 0.1) is 11.7 Å². The van der Waals surface area contributed by atoms with Gasteiger partial charge in [0.2, 0.25) is 15.9 Å². The van der Waals surface area contributed by atoms with Crippen LogP contribution in [0.4, 0.5) is 10.1 Å². The molecule has 10 nitrogen and oxygen atoms in total. The molecule has 3 rings (SSSR count). The number of anilines is 1. The summed E-state index contributed by atoms with van der Waals surface area (Å²) < 4.78 is 52.3. The molecule has 1 saturated heterocycles. The molecule has 0 radical (unpaired) electrons. The first kappa shape index (κ1) is 27.8. The molecule has 2 heterocycles. The summed E-state index contributed by atoms with van der Waals surface area (Å²) in [5, 5.41) is 2.89. The van der Waals surface area contributed by atoms with Crippen molar-refractivity contribution in [3.05, 3.63) is 46.6 Å². The number of sulfonamides is 1. The van der Waals surface area contributed by atoms with E-state index in [1.54, 1.807) is 0 Å². The standard InChI is InChI=1S/C23H32BFN4O6S/c1-14(2)19(24-34-22(3,4)23(5,6)35-24)27-18(30)13-29-20(15-8-10-16(25)11-9-15)26-12-17(21(29)31)28-36(7,32)33/h8-12,14,19,28H,13H2,1-7H3,(H,27,30). The maximum atomic E-state index is 13.5. The average molecular weight is 522 g/mol. The Hall–Kier alpha value is -2.77. The van der Waals surface area contributed by atoms with Gasteiger partial charge in [-0.25, -0.2) is 17.8 Å². The maximum absolute atomic E-state index is 13.5. The molecule has 1 fully saturated rings. The molecule has 0 aliphatic carbocycles. The van der Waals surface area contributed by atoms with Crippen LogP contribution < -0.4 is 15.6 Å². The lowest BCUT2D eigenvalue weighted by atomic mass is 9.72. The Morgan fingerprint density at radius 2 is 1.69 bits per heavy atom. The number of benzene rings is 1. The Bertz CT molecular complexity index is 1280. The Labute approximate surface area is 210 Å². The summed E-state index contributed by atoms with van der Waals surface area (Å²) >= 11 is 0. The summed E-state index contributed by atoms with van der Waals surface area (Å²) in [6, 6.07) is 5.22. The van der Waals surface area contributed by atoms with Gasteiger partial charge in [0.05, 0.1) is 29.6 Å². The van der Waals surface area contributed by atoms with Crippen molar-refractivity contribution in [1.82, 2.24) is 14.9 Å². The SMILES string of the molecule is CC(C)C(NC(=O)Cn1c(-c2ccc(F)cc2)ncc(NS(C)(=O)=O)c1=O)B1OC(C)(C)C(C)(C)O1. The Morgan fingerprint density at radius 1 is 1.14 bits per heavy atom. The van der Waals surface area contributed by atoms with Crippen molar-refractivity contribution in [2.24, 2.45) is 5.92 Å². The third-order valence-corrected chi connectivity index (χ3v) is 6.95. The van der Waals surface area contributed by atoms with E-state index in [9.17, 15) is 22.4 Å². The lowest BCUT2D eigenvalue weighted by molar-refractivity contribution is -0.122. The number of hydrogen-bond acceptors (Lipinski definition) is 7. The number of halogens is 1. The number of carbonyl (C=O) groups is 1. The first-order chi connectivity index (χ1) is 16.5. The van der Waals surface area contributed by atoms with Gasteiger partial charge in [-0.3, -0.25) is 18.9 Å². The molecule has 2 N–H and O–H groups in total. The predicted molar refractivity (Wildman–Crippen MR) is 135 cm³/mol. The highest BCUT2D eigenvalue weighted by molar-refractivity contribution is 7.92. The van der Waals surface area contributed by atoms with E-state index in [0.717, 1.165) is 17.0 Å². The lowest BCUT2D eigenvalue weighted by Gasteiger charge is -2.32. The predicted octanol–water partition coefficient (Wildman–Crippen LogP) is 2.19. The Balaban J connectivity index is 1.95. The van der Waals surface area contributed by atoms with Crippen molar-refractivity contribution in [3.8, 4) is 11.4 Å². The van der Waals surface area contributed by atoms with E-state index in [0.29, 0.717) is 5.56 Å². The highest BCUT2D eigenvalue weighted by atomic mass is 32.2. The van der Waals surface area contributed by atoms with Crippen LogP contribution >= 0.6 is 0 Å². The van der Waals surface area contributed by atoms with Crippen LogP contribution in [0.25, 0.3) is 11.4 Å². The smallest absolute Gasteiger partial charge is 0.402 e. The molecule has 1 unspecified atom stereocenters. The van der Waals surface area contributed by atoms with Gasteiger partial charge in [0.15, 0.2) is 0 Å². The summed E-state index contributed by atoms with van der Waals surface area (Å²) in [7, 11) is -4.50. The minimum Gasteiger partial charge on any atom is -0.402 e. The summed E-state index contributed by atoms with van der Waals surface area (Å²) in [6.45, 7) is 11.0. The second kappa shape index (κ2) is 9.94. The van der Waals surface area contributed by atoms with Crippen LogP contribution in [-0.4, -0.2) is 54.4 Å². The number of nitrogens with zero attached hydrogens (tertiary/aromatic N) is 2. The van der Waals surface area contributed by atoms with Gasteiger partial charge in [0.1, 0.15) is 23.9 Å². The summed E-state index contributed by atoms with van der Waals surface area (Å²) in [4.78, 5) is 30.6. The van der Waals surface area contributed by atoms with Crippen molar-refractivity contribution in [1.29, 1.82) is 0 Å². The fraction of sp³-hybridized carbons (Fsp3) is 0.522. The number of nitrogens with one attached hydrogen (secondary N) is 2. The second-order valence-corrected chi connectivity index (χ2v) is 12.0. The van der Waals surface area contributed by atoms with Crippen molar-refractivity contribution in [3.63, 3.8) is 0 Å². The molecule has 13 heteroatoms. The Kier molecular flexibility index (Phi) is 7.68. The molecule has 36 heavy (non-hydrogen) atoms. The van der Waals surface area contributed by atoms with E-state index < -0.39 is 58.1 Å². The van der Waals surface area contributed by atoms with Crippen molar-refractivity contribution in [2.75, 3.05) is 11.0 Å². The fourth-order valence-corrected chi connectivity index (χ4v) is 4.24. The highest BCUT2D eigenvalue weighted by Gasteiger charge is 2.54. The molecule has 196 valence electrons. The van der Waals surface area contributed by atoms with E-state index in [1.165, 1.54) is 24.3 Å². The van der Waals surface area contributed by atoms with Crippen molar-refractivity contribution >= 4 is 28.7 Å². The minimum absolute atomic E-state index is 0.0749. The molecule has 0 spiro atoms. The van der Waals surface area contributed by atoms with Crippen LogP contribution in [0.3, 0.4) is 0 Å². The van der Waals surface area contributed by atoms with E-state index in [2.05, 4.69) is 15.0 Å². The second-order valence-electron chi connectivity index (χ2n) is 10.2. The fourth-order valence-electron chi connectivity index (χ4n) is 3.70. The minimum atomic E-state index is -3.78. The molecule has 1 aromatic heterocycles. The van der Waals surface area contributed by atoms with Crippen LogP contribution in [0.15, 0.2) is 35.3 Å². The molecule has 0 bridgehead atoms. The van der Waals surface area contributed by atoms with Crippen molar-refractivity contribution < 1.29 is 26.9 Å². The van der Waals surface area contributed by atoms with Crippen LogP contribution in [0.1, 0.15) is 41.5 Å². The van der Waals surface area contributed by atoms with Gasteiger partial charge in [0, 0.05) is 5.56 Å². The van der Waals surface area contributed by atoms with Gasteiger partial charge in [-0.2, -0.15) is 0 Å². The quantitative estimate of drug-likeness (QED) is 0.509. The maximum Gasteiger partial charge on any atom is 0.482 e. The lowest BCUT2D eigenvalue weighted by Crippen LogP contribution is -2.52. The van der Waals surface area contributed by atoms with E-state index in [-0.39, 0.29) is 17.4 Å². The molecular weight excluding hydrogens is 490 g/mol. The number of carbonyl (C=O) groups excluding carboxylic acids is 1. The van der Waals surface area contributed by atoms with Gasteiger partial charge >= 0.3 is 7.12 Å². The van der Waals surface area contributed by atoms with E-state index in [1.807, 2.05) is 41.5 Å². The normalized spacial score (nSPS) is 17.8. The number of hydrogen-bond donors (Lipinski definition) is 2. The number of amides is 1. The monoisotopic (exact) mass is 522 g/mol. The molecule has 2 aromatic rings. The molecule has 1 amide bonds. The highest BCUT2D eigenvalue weighted by Crippen LogP contribution is 2.38. The van der Waals surface area contributed by atoms with Crippen molar-refractivity contribution in [2.45, 2.75) is 65.2 Å². The van der Waals surface area contributed by atoms with E-state index >= 15 is 0 Å². The summed E-state index contributed by atoms with van der Waals surface area (Å²) in [6.07, 6.45) is 1.97. The summed E-state index contributed by atoms with van der Waals surface area (Å²) in [5.41, 5.74) is -1.92. The number of aromatic nitrogens is 2. The zero-order valence-corrected chi connectivity index (χ0v) is 22.3. The first-order valence-corrected chi connectivity index (χ1v) is 13.4. The van der Waals surface area contributed by atoms with Gasteiger partial charge in [-0.05, 0) is 57.9 Å². The third-order valence-electron chi connectivity index (χ3n) is 6.36. The zero-order valence-electron chi connectivity index (χ0n) is 21.5. The van der Waals surface area contributed by atoms with E-state index in [4.69, 9.17) is 9.31 Å². The zero-order chi connectivity index (χ0) is 27.1. The topological polar surface area (TPSA) is 129 Å². The molecule has 1 aliphatic heterocycles. The molecular formula is C23H32BFN4O6S. The molecule has 0 saturated carbocycles. The third kappa shape index (κ3) is 6.13. The molecule has 1 aliphatic rings. The van der Waals surface area contributed by atoms with Gasteiger partial charge in [-0.1, -0.05) is 13.8 Å². The summed E-state index contributed by atoms with van der Waals surface area (Å²) in [5.74, 6) is -1.55. The van der Waals surface area contributed by atoms with Crippen LogP contribution in [-0.2, 0) is 30.7 Å². The van der Waals surface area contributed by atoms with Crippen LogP contribution in [0.2, 0.25) is 0 Å². The number of rotatable bonds is 8. The first-order valence-electron chi connectivity index (χ1n) is 11.5. The molecule has 1 atom stereocenters.